The lowest BCUT2D eigenvalue weighted by Crippen LogP contribution is -2.48. The third-order valence-corrected chi connectivity index (χ3v) is 5.86. The van der Waals surface area contributed by atoms with Crippen molar-refractivity contribution in [1.82, 2.24) is 15.3 Å². The summed E-state index contributed by atoms with van der Waals surface area (Å²) in [7, 11) is 3.17. The molecule has 3 atom stereocenters. The van der Waals surface area contributed by atoms with Crippen molar-refractivity contribution in [1.29, 1.82) is 0 Å². The molecule has 30 heavy (non-hydrogen) atoms. The van der Waals surface area contributed by atoms with Crippen LogP contribution in [0.15, 0.2) is 36.4 Å². The van der Waals surface area contributed by atoms with Crippen molar-refractivity contribution in [2.75, 3.05) is 27.2 Å². The molecule has 3 unspecified atom stereocenters. The Labute approximate surface area is 176 Å². The Morgan fingerprint density at radius 2 is 1.87 bits per heavy atom. The number of carbonyl (C=O) groups excluding carboxylic acids is 3. The second-order valence-electron chi connectivity index (χ2n) is 8.03. The second kappa shape index (κ2) is 9.75. The molecule has 1 saturated carbocycles. The average molecular weight is 415 g/mol. The molecule has 1 aliphatic heterocycles. The van der Waals surface area contributed by atoms with E-state index < -0.39 is 29.9 Å². The van der Waals surface area contributed by atoms with Crippen LogP contribution in [-0.2, 0) is 14.3 Å². The summed E-state index contributed by atoms with van der Waals surface area (Å²) in [4.78, 5) is 40.4. The van der Waals surface area contributed by atoms with Crippen LogP contribution in [0.25, 0.3) is 5.57 Å². The van der Waals surface area contributed by atoms with Gasteiger partial charge in [-0.15, -0.1) is 0 Å². The lowest BCUT2D eigenvalue weighted by Gasteiger charge is -2.37. The molecule has 3 rings (SSSR count). The zero-order chi connectivity index (χ0) is 21.7. The normalized spacial score (nSPS) is 23.9. The van der Waals surface area contributed by atoms with Crippen LogP contribution in [0.1, 0.15) is 31.2 Å². The Kier molecular flexibility index (Phi) is 7.10. The van der Waals surface area contributed by atoms with Gasteiger partial charge in [0.15, 0.2) is 0 Å². The summed E-state index contributed by atoms with van der Waals surface area (Å²) in [6, 6.07) is 10.1. The van der Waals surface area contributed by atoms with Gasteiger partial charge < -0.3 is 14.5 Å². The fourth-order valence-electron chi connectivity index (χ4n) is 4.17. The molecule has 2 aliphatic rings. The van der Waals surface area contributed by atoms with Crippen LogP contribution < -0.4 is 5.48 Å². The van der Waals surface area contributed by atoms with Crippen LogP contribution in [0, 0.1) is 11.8 Å². The predicted octanol–water partition coefficient (Wildman–Crippen LogP) is 2.29. The first-order chi connectivity index (χ1) is 14.4. The summed E-state index contributed by atoms with van der Waals surface area (Å²) < 4.78 is 5.41. The Balaban J connectivity index is 1.66. The highest BCUT2D eigenvalue weighted by Crippen LogP contribution is 2.34. The van der Waals surface area contributed by atoms with Gasteiger partial charge in [0.25, 0.3) is 0 Å². The predicted molar refractivity (Wildman–Crippen MR) is 110 cm³/mol. The van der Waals surface area contributed by atoms with Crippen LogP contribution in [0.2, 0.25) is 0 Å². The smallest absolute Gasteiger partial charge is 0.409 e. The van der Waals surface area contributed by atoms with Crippen molar-refractivity contribution in [3.8, 4) is 0 Å². The highest BCUT2D eigenvalue weighted by Gasteiger charge is 2.42. The van der Waals surface area contributed by atoms with Crippen molar-refractivity contribution in [3.05, 3.63) is 42.0 Å². The first-order valence-electron chi connectivity index (χ1n) is 10.3. The molecule has 8 nitrogen and oxygen atoms in total. The summed E-state index contributed by atoms with van der Waals surface area (Å²) in [6.07, 6.45) is 3.00. The number of amides is 3. The maximum Gasteiger partial charge on any atom is 0.409 e. The zero-order valence-electron chi connectivity index (χ0n) is 17.4. The molecule has 1 aliphatic carbocycles. The molecular weight excluding hydrogens is 386 g/mol. The Morgan fingerprint density at radius 3 is 2.47 bits per heavy atom. The molecule has 3 amide bonds. The van der Waals surface area contributed by atoms with Gasteiger partial charge in [-0.1, -0.05) is 36.4 Å². The highest BCUT2D eigenvalue weighted by molar-refractivity contribution is 5.88. The second-order valence-corrected chi connectivity index (χ2v) is 8.03. The largest absolute Gasteiger partial charge is 0.446 e. The molecule has 0 saturated heterocycles. The number of carbonyl (C=O) groups is 3. The molecule has 0 radical (unpaired) electrons. The quantitative estimate of drug-likeness (QED) is 0.581. The van der Waals surface area contributed by atoms with Crippen LogP contribution >= 0.6 is 0 Å². The van der Waals surface area contributed by atoms with Crippen LogP contribution in [0.3, 0.4) is 0 Å². The Morgan fingerprint density at radius 1 is 1.13 bits per heavy atom. The molecule has 1 heterocycles. The van der Waals surface area contributed by atoms with Gasteiger partial charge in [-0.25, -0.2) is 10.3 Å². The summed E-state index contributed by atoms with van der Waals surface area (Å²) in [5, 5.41) is 9.16. The third-order valence-electron chi connectivity index (χ3n) is 5.86. The first-order valence-corrected chi connectivity index (χ1v) is 10.3. The SMILES string of the molecule is CN(C)C(=O)OC1CCC(C(=O)N2CC=C(c3ccccc3)CC2)C(C(=O)NO)C1. The minimum absolute atomic E-state index is 0.0932. The van der Waals surface area contributed by atoms with Gasteiger partial charge in [-0.3, -0.25) is 14.8 Å². The fraction of sp³-hybridized carbons (Fsp3) is 0.500. The number of hydroxylamine groups is 1. The van der Waals surface area contributed by atoms with Gasteiger partial charge in [-0.2, -0.15) is 0 Å². The highest BCUT2D eigenvalue weighted by atomic mass is 16.6. The first kappa shape index (κ1) is 21.8. The van der Waals surface area contributed by atoms with Crippen molar-refractivity contribution < 1.29 is 24.3 Å². The van der Waals surface area contributed by atoms with Gasteiger partial charge in [0.2, 0.25) is 11.8 Å². The van der Waals surface area contributed by atoms with E-state index >= 15 is 0 Å². The summed E-state index contributed by atoms with van der Waals surface area (Å²) >= 11 is 0. The summed E-state index contributed by atoms with van der Waals surface area (Å²) in [6.45, 7) is 1.08. The molecular formula is C22H29N3O5. The van der Waals surface area contributed by atoms with E-state index in [-0.39, 0.29) is 12.3 Å². The number of nitrogens with one attached hydrogen (secondary N) is 1. The van der Waals surface area contributed by atoms with Crippen molar-refractivity contribution in [3.63, 3.8) is 0 Å². The number of hydrogen-bond donors (Lipinski definition) is 2. The minimum Gasteiger partial charge on any atom is -0.446 e. The lowest BCUT2D eigenvalue weighted by molar-refractivity contribution is -0.148. The maximum absolute atomic E-state index is 13.2. The van der Waals surface area contributed by atoms with Crippen LogP contribution in [0.5, 0.6) is 0 Å². The number of benzene rings is 1. The van der Waals surface area contributed by atoms with E-state index in [1.54, 1.807) is 24.5 Å². The molecule has 1 fully saturated rings. The third kappa shape index (κ3) is 4.99. The van der Waals surface area contributed by atoms with Gasteiger partial charge in [0.05, 0.1) is 11.8 Å². The molecule has 2 N–H and O–H groups in total. The fourth-order valence-corrected chi connectivity index (χ4v) is 4.17. The van der Waals surface area contributed by atoms with E-state index in [9.17, 15) is 14.4 Å². The lowest BCUT2D eigenvalue weighted by atomic mass is 9.76. The molecule has 1 aromatic rings. The summed E-state index contributed by atoms with van der Waals surface area (Å²) in [5.41, 5.74) is 4.04. The molecule has 0 bridgehead atoms. The Hall–Kier alpha value is -2.87. The van der Waals surface area contributed by atoms with Crippen molar-refractivity contribution in [2.24, 2.45) is 11.8 Å². The topological polar surface area (TPSA) is 99.2 Å². The molecule has 0 spiro atoms. The van der Waals surface area contributed by atoms with E-state index in [1.807, 2.05) is 18.2 Å². The van der Waals surface area contributed by atoms with Gasteiger partial charge >= 0.3 is 6.09 Å². The van der Waals surface area contributed by atoms with E-state index in [1.165, 1.54) is 10.5 Å². The average Bonchev–Trinajstić information content (AvgIpc) is 2.78. The van der Waals surface area contributed by atoms with E-state index in [4.69, 9.17) is 9.94 Å². The van der Waals surface area contributed by atoms with Crippen LogP contribution in [0.4, 0.5) is 4.79 Å². The number of ether oxygens (including phenoxy) is 1. The van der Waals surface area contributed by atoms with E-state index in [0.717, 1.165) is 12.0 Å². The van der Waals surface area contributed by atoms with Crippen LogP contribution in [-0.4, -0.2) is 66.2 Å². The van der Waals surface area contributed by atoms with Crippen molar-refractivity contribution >= 4 is 23.5 Å². The van der Waals surface area contributed by atoms with Gasteiger partial charge in [-0.05, 0) is 36.8 Å². The Bertz CT molecular complexity index is 808. The maximum atomic E-state index is 13.2. The molecule has 162 valence electrons. The van der Waals surface area contributed by atoms with E-state index in [2.05, 4.69) is 18.2 Å². The van der Waals surface area contributed by atoms with E-state index in [0.29, 0.717) is 25.9 Å². The van der Waals surface area contributed by atoms with Gasteiger partial charge in [0, 0.05) is 27.2 Å². The monoisotopic (exact) mass is 415 g/mol. The molecule has 1 aromatic carbocycles. The number of nitrogens with zero attached hydrogens (tertiary/aromatic N) is 2. The summed E-state index contributed by atoms with van der Waals surface area (Å²) in [5.74, 6) is -1.99. The minimum atomic E-state index is -0.740. The molecule has 0 aromatic heterocycles. The van der Waals surface area contributed by atoms with Crippen molar-refractivity contribution in [2.45, 2.75) is 31.8 Å². The molecule has 8 heteroatoms. The zero-order valence-corrected chi connectivity index (χ0v) is 17.4. The number of hydrogen-bond acceptors (Lipinski definition) is 5. The number of rotatable bonds is 4. The van der Waals surface area contributed by atoms with Gasteiger partial charge in [0.1, 0.15) is 6.10 Å². The standard InChI is InChI=1S/C22H29N3O5/c1-24(2)22(28)30-17-8-9-18(19(14-17)20(26)23-29)21(27)25-12-10-16(11-13-25)15-6-4-3-5-7-15/h3-7,10,17-19,29H,8-9,11-14H2,1-2H3,(H,23,26).